The van der Waals surface area contributed by atoms with E-state index >= 15 is 0 Å². The smallest absolute Gasteiger partial charge is 0.119 e. The van der Waals surface area contributed by atoms with Crippen molar-refractivity contribution in [1.29, 1.82) is 0 Å². The largest absolute Gasteiger partial charge is 0.493 e. The van der Waals surface area contributed by atoms with Crippen LogP contribution in [0.4, 0.5) is 0 Å². The molecule has 1 N–H and O–H groups in total. The van der Waals surface area contributed by atoms with Gasteiger partial charge in [0.2, 0.25) is 0 Å². The van der Waals surface area contributed by atoms with Gasteiger partial charge in [-0.2, -0.15) is 5.10 Å². The van der Waals surface area contributed by atoms with E-state index in [1.54, 1.807) is 4.68 Å². The molecule has 0 radical (unpaired) electrons. The highest BCUT2D eigenvalue weighted by Gasteiger charge is 2.11. The molecular weight excluding hydrogens is 314 g/mol. The van der Waals surface area contributed by atoms with E-state index in [0.29, 0.717) is 12.5 Å². The second-order valence-electron chi connectivity index (χ2n) is 6.19. The summed E-state index contributed by atoms with van der Waals surface area (Å²) in [6.45, 7) is 4.92. The van der Waals surface area contributed by atoms with Gasteiger partial charge in [0.05, 0.1) is 18.5 Å². The molecule has 1 aromatic heterocycles. The molecule has 0 bridgehead atoms. The molecule has 3 aromatic rings. The minimum absolute atomic E-state index is 0.480. The molecule has 0 saturated heterocycles. The Kier molecular flexibility index (Phi) is 5.14. The minimum Gasteiger partial charge on any atom is -0.493 e. The van der Waals surface area contributed by atoms with E-state index in [2.05, 4.69) is 24.1 Å². The summed E-state index contributed by atoms with van der Waals surface area (Å²) in [6, 6.07) is 17.6. The van der Waals surface area contributed by atoms with E-state index in [0.717, 1.165) is 28.3 Å². The predicted molar refractivity (Wildman–Crippen MR) is 98.7 cm³/mol. The second-order valence-corrected chi connectivity index (χ2v) is 6.19. The standard InChI is InChI=1S/C20H21N3O2/c1-15(2)14-25-19-10-8-16(9-11-19)20-17(12-21-24)13-23(22-20)18-6-4-3-5-7-18/h3-13,15,24H,14H2,1-2H3/b21-12-. The molecule has 0 spiro atoms. The van der Waals surface area contributed by atoms with Gasteiger partial charge in [0.15, 0.2) is 0 Å². The Morgan fingerprint density at radius 3 is 2.48 bits per heavy atom. The van der Waals surface area contributed by atoms with Crippen LogP contribution < -0.4 is 4.74 Å². The summed E-state index contributed by atoms with van der Waals surface area (Å²) in [4.78, 5) is 0. The lowest BCUT2D eigenvalue weighted by molar-refractivity contribution is 0.271. The number of aromatic nitrogens is 2. The average molecular weight is 335 g/mol. The Hall–Kier alpha value is -3.08. The molecule has 128 valence electrons. The first kappa shape index (κ1) is 16.8. The Balaban J connectivity index is 1.92. The van der Waals surface area contributed by atoms with Crippen LogP contribution in [0.25, 0.3) is 16.9 Å². The summed E-state index contributed by atoms with van der Waals surface area (Å²) in [5, 5.41) is 16.8. The first-order valence-electron chi connectivity index (χ1n) is 8.23. The van der Waals surface area contributed by atoms with E-state index in [-0.39, 0.29) is 0 Å². The number of ether oxygens (including phenoxy) is 1. The Morgan fingerprint density at radius 2 is 1.84 bits per heavy atom. The minimum atomic E-state index is 0.480. The van der Waals surface area contributed by atoms with Crippen LogP contribution in [0.15, 0.2) is 65.9 Å². The number of benzene rings is 2. The third-order valence-electron chi connectivity index (χ3n) is 3.67. The van der Waals surface area contributed by atoms with Gasteiger partial charge in [-0.15, -0.1) is 0 Å². The lowest BCUT2D eigenvalue weighted by atomic mass is 10.1. The zero-order valence-corrected chi connectivity index (χ0v) is 14.3. The van der Waals surface area contributed by atoms with Gasteiger partial charge >= 0.3 is 0 Å². The zero-order chi connectivity index (χ0) is 17.6. The fourth-order valence-corrected chi connectivity index (χ4v) is 2.45. The maximum atomic E-state index is 8.95. The van der Waals surface area contributed by atoms with Crippen molar-refractivity contribution in [1.82, 2.24) is 9.78 Å². The topological polar surface area (TPSA) is 59.6 Å². The molecule has 0 unspecified atom stereocenters. The highest BCUT2D eigenvalue weighted by Crippen LogP contribution is 2.25. The summed E-state index contributed by atoms with van der Waals surface area (Å²) in [7, 11) is 0. The van der Waals surface area contributed by atoms with E-state index in [9.17, 15) is 0 Å². The van der Waals surface area contributed by atoms with Gasteiger partial charge < -0.3 is 9.94 Å². The van der Waals surface area contributed by atoms with Crippen LogP contribution >= 0.6 is 0 Å². The van der Waals surface area contributed by atoms with Crippen molar-refractivity contribution in [3.63, 3.8) is 0 Å². The van der Waals surface area contributed by atoms with E-state index in [1.807, 2.05) is 60.8 Å². The maximum Gasteiger partial charge on any atom is 0.119 e. The van der Waals surface area contributed by atoms with Crippen LogP contribution in [0, 0.1) is 5.92 Å². The second kappa shape index (κ2) is 7.66. The summed E-state index contributed by atoms with van der Waals surface area (Å²) in [5.41, 5.74) is 3.36. The Bertz CT molecular complexity index is 837. The Labute approximate surface area is 147 Å². The monoisotopic (exact) mass is 335 g/mol. The fourth-order valence-electron chi connectivity index (χ4n) is 2.45. The van der Waals surface area contributed by atoms with Gasteiger partial charge in [0.1, 0.15) is 11.4 Å². The molecule has 25 heavy (non-hydrogen) atoms. The molecule has 0 amide bonds. The lowest BCUT2D eigenvalue weighted by Gasteiger charge is -2.09. The van der Waals surface area contributed by atoms with Crippen LogP contribution in [0.5, 0.6) is 5.75 Å². The van der Waals surface area contributed by atoms with Gasteiger partial charge in [-0.3, -0.25) is 0 Å². The molecule has 0 aliphatic rings. The number of hydrogen-bond donors (Lipinski definition) is 1. The molecule has 1 heterocycles. The molecule has 0 aliphatic carbocycles. The maximum absolute atomic E-state index is 8.95. The van der Waals surface area contributed by atoms with Crippen molar-refractivity contribution in [2.75, 3.05) is 6.61 Å². The number of para-hydroxylation sites is 1. The molecule has 5 nitrogen and oxygen atoms in total. The quantitative estimate of drug-likeness (QED) is 0.413. The van der Waals surface area contributed by atoms with Crippen LogP contribution in [-0.2, 0) is 0 Å². The van der Waals surface area contributed by atoms with Crippen molar-refractivity contribution in [2.24, 2.45) is 11.1 Å². The van der Waals surface area contributed by atoms with E-state index in [4.69, 9.17) is 9.94 Å². The van der Waals surface area contributed by atoms with Crippen molar-refractivity contribution in [3.8, 4) is 22.7 Å². The van der Waals surface area contributed by atoms with Crippen LogP contribution in [0.1, 0.15) is 19.4 Å². The first-order chi connectivity index (χ1) is 12.2. The number of oxime groups is 1. The van der Waals surface area contributed by atoms with Crippen LogP contribution in [0.3, 0.4) is 0 Å². The van der Waals surface area contributed by atoms with Crippen molar-refractivity contribution >= 4 is 6.21 Å². The summed E-state index contributed by atoms with van der Waals surface area (Å²) < 4.78 is 7.49. The number of nitrogens with zero attached hydrogens (tertiary/aromatic N) is 3. The van der Waals surface area contributed by atoms with Gasteiger partial charge in [-0.25, -0.2) is 4.68 Å². The van der Waals surface area contributed by atoms with Crippen LogP contribution in [-0.4, -0.2) is 27.8 Å². The van der Waals surface area contributed by atoms with Gasteiger partial charge in [0.25, 0.3) is 0 Å². The molecular formula is C20H21N3O2. The molecule has 5 heteroatoms. The van der Waals surface area contributed by atoms with Crippen molar-refractivity contribution < 1.29 is 9.94 Å². The molecule has 0 atom stereocenters. The fraction of sp³-hybridized carbons (Fsp3) is 0.200. The van der Waals surface area contributed by atoms with E-state index in [1.165, 1.54) is 6.21 Å². The van der Waals surface area contributed by atoms with E-state index < -0.39 is 0 Å². The SMILES string of the molecule is CC(C)COc1ccc(-c2nn(-c3ccccc3)cc2/C=N\O)cc1. The lowest BCUT2D eigenvalue weighted by Crippen LogP contribution is -2.04. The van der Waals surface area contributed by atoms with Crippen molar-refractivity contribution in [3.05, 3.63) is 66.4 Å². The number of hydrogen-bond acceptors (Lipinski definition) is 4. The Morgan fingerprint density at radius 1 is 1.12 bits per heavy atom. The molecule has 0 fully saturated rings. The number of rotatable bonds is 6. The summed E-state index contributed by atoms with van der Waals surface area (Å²) in [5.74, 6) is 1.31. The zero-order valence-electron chi connectivity index (χ0n) is 14.3. The molecule has 3 rings (SSSR count). The van der Waals surface area contributed by atoms with Gasteiger partial charge in [0, 0.05) is 17.3 Å². The third kappa shape index (κ3) is 4.07. The predicted octanol–water partition coefficient (Wildman–Crippen LogP) is 4.38. The molecule has 2 aromatic carbocycles. The van der Waals surface area contributed by atoms with Gasteiger partial charge in [-0.1, -0.05) is 37.2 Å². The first-order valence-corrected chi connectivity index (χ1v) is 8.23. The molecule has 0 aliphatic heterocycles. The normalized spacial score (nSPS) is 11.3. The molecule has 0 saturated carbocycles. The van der Waals surface area contributed by atoms with Gasteiger partial charge in [-0.05, 0) is 42.3 Å². The summed E-state index contributed by atoms with van der Waals surface area (Å²) >= 11 is 0. The van der Waals surface area contributed by atoms with Crippen molar-refractivity contribution in [2.45, 2.75) is 13.8 Å². The average Bonchev–Trinajstić information content (AvgIpc) is 3.05. The third-order valence-corrected chi connectivity index (χ3v) is 3.67. The summed E-state index contributed by atoms with van der Waals surface area (Å²) in [6.07, 6.45) is 3.23. The highest BCUT2D eigenvalue weighted by atomic mass is 16.5. The highest BCUT2D eigenvalue weighted by molar-refractivity contribution is 5.88. The van der Waals surface area contributed by atoms with Crippen LogP contribution in [0.2, 0.25) is 0 Å².